The lowest BCUT2D eigenvalue weighted by Gasteiger charge is -2.35. The number of benzene rings is 2. The zero-order valence-electron chi connectivity index (χ0n) is 69.5. The Bertz CT molecular complexity index is 4310. The lowest BCUT2D eigenvalue weighted by Crippen LogP contribution is -2.48. The summed E-state index contributed by atoms with van der Waals surface area (Å²) >= 11 is 1.58. The summed E-state index contributed by atoms with van der Waals surface area (Å²) in [6.07, 6.45) is 11.6. The number of aromatic nitrogens is 6. The number of Topliss-reactive ketones (excluding diaryl/α,β-unsaturated/α-hetero) is 2. The Balaban J connectivity index is 0.000000331. The summed E-state index contributed by atoms with van der Waals surface area (Å²) in [4.78, 5) is 145. The number of hydrogen-bond acceptors (Lipinski definition) is 28. The van der Waals surface area contributed by atoms with Gasteiger partial charge >= 0.3 is 23.9 Å². The Morgan fingerprint density at radius 1 is 0.475 bits per heavy atom. The molecule has 0 saturated carbocycles. The minimum atomic E-state index is -1.27. The van der Waals surface area contributed by atoms with Gasteiger partial charge in [-0.05, 0) is 85.0 Å². The molecule has 4 amide bonds. The van der Waals surface area contributed by atoms with E-state index in [1.165, 1.54) is 33.4 Å². The van der Waals surface area contributed by atoms with Crippen LogP contribution in [0.25, 0.3) is 22.1 Å². The van der Waals surface area contributed by atoms with Gasteiger partial charge in [0, 0.05) is 148 Å². The van der Waals surface area contributed by atoms with E-state index >= 15 is 0 Å². The van der Waals surface area contributed by atoms with Gasteiger partial charge in [0.05, 0.1) is 88.3 Å². The normalized spacial score (nSPS) is 14.2. The average molecular weight is 1710 g/mol. The quantitative estimate of drug-likeness (QED) is 0.0224. The number of aryl methyl sites for hydroxylation is 2. The maximum absolute atomic E-state index is 12.8. The van der Waals surface area contributed by atoms with Gasteiger partial charge in [-0.1, -0.05) is 75.9 Å². The number of carbonyl (C=O) groups excluding carboxylic acids is 6. The van der Waals surface area contributed by atoms with Crippen molar-refractivity contribution >= 4 is 128 Å². The number of nitrogens with two attached hydrogens (primary N) is 4. The lowest BCUT2D eigenvalue weighted by molar-refractivity contribution is -0.139. The van der Waals surface area contributed by atoms with E-state index in [0.29, 0.717) is 91.8 Å². The Morgan fingerprint density at radius 3 is 1.29 bits per heavy atom. The number of carboxylic acids is 4. The molecule has 2 aliphatic rings. The molecule has 6 aromatic rings. The fraction of sp³-hybridized carbons (Fsp3) is 0.585. The summed E-state index contributed by atoms with van der Waals surface area (Å²) in [5, 5.41) is 45.6. The Labute approximate surface area is 708 Å². The van der Waals surface area contributed by atoms with Crippen LogP contribution in [0, 0.1) is 13.8 Å². The van der Waals surface area contributed by atoms with Gasteiger partial charge in [0.2, 0.25) is 35.5 Å². The molecule has 0 bridgehead atoms. The molecule has 0 spiro atoms. The third kappa shape index (κ3) is 34.5. The maximum Gasteiger partial charge on any atom is 0.321 e. The molecule has 38 heteroatoms. The van der Waals surface area contributed by atoms with Crippen LogP contribution in [0.15, 0.2) is 60.9 Å². The number of fused-ring (bicyclic) bond motifs is 2. The summed E-state index contributed by atoms with van der Waals surface area (Å²) in [5.41, 5.74) is 33.7. The number of nitrogens with one attached hydrogen (secondary N) is 4. The van der Waals surface area contributed by atoms with Crippen molar-refractivity contribution in [2.45, 2.75) is 166 Å². The van der Waals surface area contributed by atoms with Crippen molar-refractivity contribution in [3.63, 3.8) is 0 Å². The van der Waals surface area contributed by atoms with Gasteiger partial charge in [0.1, 0.15) is 28.4 Å². The lowest BCUT2D eigenvalue weighted by atomic mass is 10.0. The minimum Gasteiger partial charge on any atom is -0.481 e. The fourth-order valence-corrected chi connectivity index (χ4v) is 15.4. The molecule has 8 rings (SSSR count). The molecule has 6 heterocycles. The first-order valence-electron chi connectivity index (χ1n) is 41.1. The smallest absolute Gasteiger partial charge is 0.321 e. The number of rotatable bonds is 56. The van der Waals surface area contributed by atoms with E-state index in [4.69, 9.17) is 57.2 Å². The number of unbranched alkanes of at least 4 members (excludes halogenated alkanes) is 4. The molecule has 2 aliphatic heterocycles. The number of aliphatic carboxylic acids is 4. The fourth-order valence-electron chi connectivity index (χ4n) is 13.3. The zero-order chi connectivity index (χ0) is 86.9. The summed E-state index contributed by atoms with van der Waals surface area (Å²) in [5.74, 6) is -4.95. The second-order valence-electron chi connectivity index (χ2n) is 29.7. The molecule has 660 valence electrons. The predicted molar refractivity (Wildman–Crippen MR) is 459 cm³/mol. The van der Waals surface area contributed by atoms with Crippen molar-refractivity contribution in [2.75, 3.05) is 165 Å². The highest BCUT2D eigenvalue weighted by molar-refractivity contribution is 8.00. The van der Waals surface area contributed by atoms with Crippen LogP contribution in [0.2, 0.25) is 0 Å². The van der Waals surface area contributed by atoms with Crippen LogP contribution in [-0.2, 0) is 93.1 Å². The van der Waals surface area contributed by atoms with Crippen molar-refractivity contribution in [2.24, 2.45) is 11.5 Å². The number of nitrogens with zero attached hydrogens (tertiary/aromatic N) is 10. The zero-order valence-corrected chi connectivity index (χ0v) is 71.1. The van der Waals surface area contributed by atoms with Crippen LogP contribution >= 0.6 is 23.5 Å². The van der Waals surface area contributed by atoms with Gasteiger partial charge < -0.3 is 103 Å². The molecule has 0 radical (unpaired) electrons. The summed E-state index contributed by atoms with van der Waals surface area (Å²) in [6.45, 7) is 21.0. The topological polar surface area (TPSA) is 515 Å². The van der Waals surface area contributed by atoms with Crippen molar-refractivity contribution in [1.29, 1.82) is 0 Å². The van der Waals surface area contributed by atoms with E-state index in [9.17, 15) is 53.1 Å². The van der Waals surface area contributed by atoms with Crippen LogP contribution in [0.5, 0.6) is 0 Å². The number of carboxylic acid groups (broad SMARTS) is 4. The monoisotopic (exact) mass is 1710 g/mol. The minimum absolute atomic E-state index is 0.0584. The van der Waals surface area contributed by atoms with E-state index in [0.717, 1.165) is 148 Å². The molecule has 2 unspecified atom stereocenters. The largest absolute Gasteiger partial charge is 0.481 e. The van der Waals surface area contributed by atoms with Crippen LogP contribution in [0.3, 0.4) is 0 Å². The molecule has 4 aromatic heterocycles. The number of ketones is 2. The van der Waals surface area contributed by atoms with E-state index in [2.05, 4.69) is 124 Å². The number of hydrogen-bond donors (Lipinski definition) is 12. The first-order chi connectivity index (χ1) is 57.7. The van der Waals surface area contributed by atoms with Crippen LogP contribution in [0.4, 0.5) is 23.5 Å². The van der Waals surface area contributed by atoms with Gasteiger partial charge in [0.25, 0.3) is 0 Å². The first-order valence-corrected chi connectivity index (χ1v) is 43.2. The second kappa shape index (κ2) is 52.5. The third-order valence-electron chi connectivity index (χ3n) is 20.1. The van der Waals surface area contributed by atoms with E-state index in [1.54, 1.807) is 0 Å². The van der Waals surface area contributed by atoms with E-state index in [1.807, 2.05) is 34.3 Å². The molecular weight excluding hydrogens is 1590 g/mol. The van der Waals surface area contributed by atoms with Crippen LogP contribution < -0.4 is 44.2 Å². The highest BCUT2D eigenvalue weighted by atomic mass is 32.2. The van der Waals surface area contributed by atoms with Crippen LogP contribution in [0.1, 0.15) is 137 Å². The molecule has 120 heavy (non-hydrogen) atoms. The van der Waals surface area contributed by atoms with Crippen molar-refractivity contribution < 1.29 is 87.3 Å². The van der Waals surface area contributed by atoms with Crippen molar-refractivity contribution in [3.05, 3.63) is 94.3 Å². The van der Waals surface area contributed by atoms with Gasteiger partial charge in [0.15, 0.2) is 23.2 Å². The Kier molecular flexibility index (Phi) is 42.7. The number of ether oxygens (including phenoxy) is 4. The van der Waals surface area contributed by atoms with Crippen molar-refractivity contribution in [3.8, 4) is 0 Å². The summed E-state index contributed by atoms with van der Waals surface area (Å²) < 4.78 is 26.6. The number of carbonyl (C=O) groups is 10. The predicted octanol–water partition coefficient (Wildman–Crippen LogP) is 4.99. The van der Waals surface area contributed by atoms with E-state index < -0.39 is 71.1 Å². The van der Waals surface area contributed by atoms with Crippen molar-refractivity contribution in [1.82, 2.24) is 59.3 Å². The molecule has 0 aliphatic carbocycles. The number of anilines is 4. The molecule has 2 aromatic carbocycles. The molecule has 2 saturated heterocycles. The van der Waals surface area contributed by atoms with Gasteiger partial charge in [-0.3, -0.25) is 57.7 Å². The standard InChI is InChI=1S/2C41H61N9O9S/c1-3-4-5-12-44-38-37-33(46-41(43)47-38)10-13-50(37)26-30-9-8-29(22-28(30)2)25-48-14-16-49(17-15-48)36(53)11-19-59-21-20-58-18-6-7-31(51)24-45-35(52)23-34(40(56)57)60-27-32(42)39(54)55;1-3-4-5-12-44-38-37-33(46-41(43)47-38)10-13-50(37)26-30-9-8-29(22-28(30)2)25-48-14-16-49(17-15-48)35(52)11-19-59-21-20-58-18-6-7-31(51)24-45-39(55)34(23-36(53)54)60-27-32(42)40(56)57/h8-10,13,22,32,34H,3-7,11-12,14-21,23-27,42H2,1-2H3,(H,45,52)(H,54,55)(H,56,57)(H3,43,44,46,47);8-10,13,22,32,34H,3-7,11-12,14-21,23-27,42H2,1-2H3,(H,45,55)(H,53,54)(H,56,57)(H3,43,44,46,47)/t2*32-,34?/m00/s1. The molecule has 36 nitrogen and oxygen atoms in total. The summed E-state index contributed by atoms with van der Waals surface area (Å²) in [6, 6.07) is 14.7. The maximum atomic E-state index is 12.8. The third-order valence-corrected chi connectivity index (χ3v) is 22.8. The number of amides is 4. The molecular formula is C82H122N18O18S2. The average Bonchev–Trinajstić information content (AvgIpc) is 1.65. The van der Waals surface area contributed by atoms with Gasteiger partial charge in [-0.2, -0.15) is 9.97 Å². The molecule has 2 fully saturated rings. The van der Waals surface area contributed by atoms with E-state index in [-0.39, 0.29) is 98.8 Å². The first kappa shape index (κ1) is 97.5. The summed E-state index contributed by atoms with van der Waals surface area (Å²) in [7, 11) is 0. The Morgan fingerprint density at radius 2 is 0.892 bits per heavy atom. The second-order valence-corrected chi connectivity index (χ2v) is 32.2. The van der Waals surface area contributed by atoms with Gasteiger partial charge in [-0.15, -0.1) is 23.5 Å². The highest BCUT2D eigenvalue weighted by Crippen LogP contribution is 2.28. The number of nitrogen functional groups attached to an aromatic ring is 2. The SMILES string of the molecule is CCCCCNc1nc(N)nc2ccn(Cc3ccc(CN4CCN(C(=O)CCOCCOCCCC(=O)CNC(=O)C(CC(=O)O)SC[C@H](N)C(=O)O)CC4)cc3C)c12.CCCCCNc1nc(N)nc2ccn(Cc3ccc(CN4CCN(C(=O)CCOCCOCCCC(=O)CNC(=O)CC(SC[C@H](N)C(=O)O)C(=O)O)CC4)cc3C)c12. The highest BCUT2D eigenvalue weighted by Gasteiger charge is 2.29. The van der Waals surface area contributed by atoms with Gasteiger partial charge in [-0.25, -0.2) is 9.97 Å². The molecule has 16 N–H and O–H groups in total. The number of piperazine rings is 2. The Hall–Kier alpha value is -9.64. The molecule has 4 atom stereocenters. The van der Waals surface area contributed by atoms with Crippen LogP contribution in [-0.4, -0.2) is 294 Å². The number of thioether (sulfide) groups is 2.